The van der Waals surface area contributed by atoms with Crippen molar-refractivity contribution in [1.82, 2.24) is 14.9 Å². The van der Waals surface area contributed by atoms with Gasteiger partial charge in [0.25, 0.3) is 0 Å². The van der Waals surface area contributed by atoms with Crippen LogP contribution in [-0.2, 0) is 10.0 Å². The third-order valence-electron chi connectivity index (χ3n) is 5.61. The Bertz CT molecular complexity index is 527. The summed E-state index contributed by atoms with van der Waals surface area (Å²) >= 11 is 0. The van der Waals surface area contributed by atoms with Crippen LogP contribution in [-0.4, -0.2) is 57.7 Å². The molecule has 1 atom stereocenters. The van der Waals surface area contributed by atoms with Gasteiger partial charge in [0, 0.05) is 32.7 Å². The molecule has 2 rings (SSSR count). The summed E-state index contributed by atoms with van der Waals surface area (Å²) in [4.78, 5) is 4.83. The fourth-order valence-electron chi connectivity index (χ4n) is 3.84. The highest BCUT2D eigenvalue weighted by Crippen LogP contribution is 2.41. The molecule has 0 amide bonds. The highest BCUT2D eigenvalue weighted by atomic mass is 32.2. The van der Waals surface area contributed by atoms with E-state index in [0.29, 0.717) is 24.4 Å². The van der Waals surface area contributed by atoms with E-state index in [0.717, 1.165) is 32.0 Å². The van der Waals surface area contributed by atoms with Gasteiger partial charge < -0.3 is 10.6 Å². The van der Waals surface area contributed by atoms with Gasteiger partial charge in [-0.15, -0.1) is 0 Å². The predicted molar refractivity (Wildman–Crippen MR) is 99.7 cm³/mol. The molecule has 2 aliphatic rings. The molecule has 0 spiro atoms. The maximum absolute atomic E-state index is 11.6. The number of hydrogen-bond acceptors (Lipinski definition) is 3. The normalized spacial score (nSPS) is 25.1. The third-order valence-corrected chi connectivity index (χ3v) is 6.88. The summed E-state index contributed by atoms with van der Waals surface area (Å²) in [6, 6.07) is 0. The smallest absolute Gasteiger partial charge is 0.211 e. The van der Waals surface area contributed by atoms with Crippen LogP contribution in [0.25, 0.3) is 0 Å². The molecular weight excluding hydrogens is 324 g/mol. The molecule has 24 heavy (non-hydrogen) atoms. The van der Waals surface area contributed by atoms with E-state index in [1.165, 1.54) is 38.4 Å². The minimum Gasteiger partial charge on any atom is -0.357 e. The molecule has 1 unspecified atom stereocenters. The molecule has 6 nitrogen and oxygen atoms in total. The van der Waals surface area contributed by atoms with Crippen LogP contribution in [0.4, 0.5) is 0 Å². The molecule has 1 saturated carbocycles. The summed E-state index contributed by atoms with van der Waals surface area (Å²) in [5.41, 5.74) is 0.392. The number of nitrogens with zero attached hydrogens (tertiary/aromatic N) is 2. The number of rotatable bonds is 7. The summed E-state index contributed by atoms with van der Waals surface area (Å²) < 4.78 is 24.8. The van der Waals surface area contributed by atoms with Gasteiger partial charge >= 0.3 is 0 Å². The minimum atomic E-state index is -3.06. The standard InChI is InChI=1S/C17H34N4O2S/c1-4-17(9-6-7-10-17)14-20-16(18-5-2)19-12-15-8-11-21(13-15)24(3,22)23/h15H,4-14H2,1-3H3,(H2,18,19,20). The molecule has 0 radical (unpaired) electrons. The van der Waals surface area contributed by atoms with E-state index in [1.807, 2.05) is 0 Å². The Labute approximate surface area is 147 Å². The minimum absolute atomic E-state index is 0.357. The summed E-state index contributed by atoms with van der Waals surface area (Å²) in [5.74, 6) is 1.23. The molecule has 7 heteroatoms. The van der Waals surface area contributed by atoms with Gasteiger partial charge in [0.05, 0.1) is 6.26 Å². The summed E-state index contributed by atoms with van der Waals surface area (Å²) in [6.07, 6.45) is 8.64. The lowest BCUT2D eigenvalue weighted by Gasteiger charge is -2.26. The number of sulfonamides is 1. The molecule has 1 aliphatic carbocycles. The highest BCUT2D eigenvalue weighted by molar-refractivity contribution is 7.88. The second kappa shape index (κ2) is 8.52. The topological polar surface area (TPSA) is 73.8 Å². The first-order chi connectivity index (χ1) is 11.4. The molecule has 2 N–H and O–H groups in total. The zero-order chi connectivity index (χ0) is 17.6. The molecule has 0 aromatic heterocycles. The lowest BCUT2D eigenvalue weighted by molar-refractivity contribution is 0.297. The van der Waals surface area contributed by atoms with Gasteiger partial charge in [0.15, 0.2) is 5.96 Å². The van der Waals surface area contributed by atoms with E-state index < -0.39 is 10.0 Å². The van der Waals surface area contributed by atoms with Crippen molar-refractivity contribution in [2.45, 2.75) is 52.4 Å². The fraction of sp³-hybridized carbons (Fsp3) is 0.941. The number of hydrogen-bond donors (Lipinski definition) is 2. The first kappa shape index (κ1) is 19.5. The van der Waals surface area contributed by atoms with Crippen LogP contribution in [0.3, 0.4) is 0 Å². The molecule has 1 saturated heterocycles. The van der Waals surface area contributed by atoms with Crippen LogP contribution in [0.15, 0.2) is 4.99 Å². The second-order valence-corrected chi connectivity index (χ2v) is 9.39. The van der Waals surface area contributed by atoms with Crippen molar-refractivity contribution in [2.75, 3.05) is 39.0 Å². The number of aliphatic imine (C=N–C) groups is 1. The van der Waals surface area contributed by atoms with E-state index in [-0.39, 0.29) is 0 Å². The Balaban J connectivity index is 1.86. The monoisotopic (exact) mass is 358 g/mol. The third kappa shape index (κ3) is 5.34. The molecule has 1 heterocycles. The molecule has 0 bridgehead atoms. The Kier molecular flexibility index (Phi) is 6.92. The molecule has 1 aliphatic heterocycles. The van der Waals surface area contributed by atoms with Crippen molar-refractivity contribution in [1.29, 1.82) is 0 Å². The summed E-state index contributed by atoms with van der Waals surface area (Å²) in [5, 5.41) is 6.74. The van der Waals surface area contributed by atoms with E-state index in [9.17, 15) is 8.42 Å². The summed E-state index contributed by atoms with van der Waals surface area (Å²) in [7, 11) is -3.06. The maximum atomic E-state index is 11.6. The van der Waals surface area contributed by atoms with Crippen LogP contribution in [0.1, 0.15) is 52.4 Å². The summed E-state index contributed by atoms with van der Waals surface area (Å²) in [6.45, 7) is 8.10. The van der Waals surface area contributed by atoms with Crippen LogP contribution in [0.2, 0.25) is 0 Å². The molecule has 2 fully saturated rings. The zero-order valence-corrected chi connectivity index (χ0v) is 16.3. The van der Waals surface area contributed by atoms with E-state index in [4.69, 9.17) is 4.99 Å². The van der Waals surface area contributed by atoms with Crippen molar-refractivity contribution >= 4 is 16.0 Å². The van der Waals surface area contributed by atoms with E-state index in [2.05, 4.69) is 24.5 Å². The maximum Gasteiger partial charge on any atom is 0.211 e. The van der Waals surface area contributed by atoms with Crippen LogP contribution in [0.5, 0.6) is 0 Å². The van der Waals surface area contributed by atoms with Crippen LogP contribution >= 0.6 is 0 Å². The first-order valence-electron chi connectivity index (χ1n) is 9.36. The van der Waals surface area contributed by atoms with Crippen LogP contribution in [0, 0.1) is 11.3 Å². The van der Waals surface area contributed by atoms with Crippen molar-refractivity contribution in [2.24, 2.45) is 16.3 Å². The Morgan fingerprint density at radius 2 is 1.96 bits per heavy atom. The lowest BCUT2D eigenvalue weighted by Crippen LogP contribution is -2.41. The van der Waals surface area contributed by atoms with Gasteiger partial charge in [-0.1, -0.05) is 19.8 Å². The van der Waals surface area contributed by atoms with Crippen molar-refractivity contribution < 1.29 is 8.42 Å². The van der Waals surface area contributed by atoms with Crippen molar-refractivity contribution in [3.63, 3.8) is 0 Å². The predicted octanol–water partition coefficient (Wildman–Crippen LogP) is 1.79. The Hall–Kier alpha value is -0.820. The largest absolute Gasteiger partial charge is 0.357 e. The average Bonchev–Trinajstić information content (AvgIpc) is 3.19. The quantitative estimate of drug-likeness (QED) is 0.537. The zero-order valence-electron chi connectivity index (χ0n) is 15.5. The van der Waals surface area contributed by atoms with Gasteiger partial charge in [-0.05, 0) is 43.9 Å². The van der Waals surface area contributed by atoms with Gasteiger partial charge in [0.1, 0.15) is 0 Å². The van der Waals surface area contributed by atoms with Crippen molar-refractivity contribution in [3.05, 3.63) is 0 Å². The van der Waals surface area contributed by atoms with E-state index >= 15 is 0 Å². The first-order valence-corrected chi connectivity index (χ1v) is 11.2. The van der Waals surface area contributed by atoms with Gasteiger partial charge in [-0.25, -0.2) is 12.7 Å². The Morgan fingerprint density at radius 1 is 1.25 bits per heavy atom. The lowest BCUT2D eigenvalue weighted by atomic mass is 9.84. The fourth-order valence-corrected chi connectivity index (χ4v) is 4.76. The van der Waals surface area contributed by atoms with Crippen molar-refractivity contribution in [3.8, 4) is 0 Å². The number of nitrogens with one attached hydrogen (secondary N) is 2. The second-order valence-electron chi connectivity index (χ2n) is 7.41. The molecule has 0 aromatic rings. The van der Waals surface area contributed by atoms with Gasteiger partial charge in [-0.3, -0.25) is 4.99 Å². The molecule has 140 valence electrons. The van der Waals surface area contributed by atoms with Gasteiger partial charge in [-0.2, -0.15) is 0 Å². The Morgan fingerprint density at radius 3 is 2.50 bits per heavy atom. The molecule has 0 aromatic carbocycles. The van der Waals surface area contributed by atoms with Gasteiger partial charge in [0.2, 0.25) is 10.0 Å². The van der Waals surface area contributed by atoms with E-state index in [1.54, 1.807) is 4.31 Å². The highest BCUT2D eigenvalue weighted by Gasteiger charge is 2.32. The SMILES string of the molecule is CCNC(=NCC1(CC)CCCC1)NCC1CCN(S(C)(=O)=O)C1. The average molecular weight is 359 g/mol. The number of guanidine groups is 1. The van der Waals surface area contributed by atoms with Crippen LogP contribution < -0.4 is 10.6 Å². The molecular formula is C17H34N4O2S.